The molecule has 0 amide bonds. The van der Waals surface area contributed by atoms with Gasteiger partial charge in [-0.25, -0.2) is 0 Å². The van der Waals surface area contributed by atoms with Crippen LogP contribution in [0.15, 0.2) is 24.3 Å². The topological polar surface area (TPSA) is 58.6 Å². The van der Waals surface area contributed by atoms with Crippen LogP contribution in [0.25, 0.3) is 0 Å². The smallest absolute Gasteiger partial charge is 0.307 e. The molecule has 0 radical (unpaired) electrons. The number of methoxy groups -OCH3 is 1. The first-order valence-electron chi connectivity index (χ1n) is 7.05. The van der Waals surface area contributed by atoms with Gasteiger partial charge in [-0.05, 0) is 30.5 Å². The number of rotatable bonds is 7. The molecular weight excluding hydrogens is 254 g/mol. The first-order valence-corrected chi connectivity index (χ1v) is 7.05. The molecule has 1 aromatic carbocycles. The van der Waals surface area contributed by atoms with Crippen molar-refractivity contribution in [3.8, 4) is 0 Å². The molecule has 1 rings (SSSR count). The Hall–Kier alpha value is -1.39. The normalized spacial score (nSPS) is 15.4. The molecule has 0 aliphatic rings. The Morgan fingerprint density at radius 1 is 1.30 bits per heavy atom. The molecule has 4 heteroatoms. The molecule has 0 saturated carbocycles. The van der Waals surface area contributed by atoms with Gasteiger partial charge in [0.25, 0.3) is 0 Å². The fourth-order valence-electron chi connectivity index (χ4n) is 2.12. The molecule has 3 unspecified atom stereocenters. The Morgan fingerprint density at radius 2 is 1.85 bits per heavy atom. The van der Waals surface area contributed by atoms with E-state index in [0.717, 1.165) is 12.0 Å². The number of esters is 1. The predicted octanol–water partition coefficient (Wildman–Crippen LogP) is 2.38. The predicted molar refractivity (Wildman–Crippen MR) is 79.6 cm³/mol. The summed E-state index contributed by atoms with van der Waals surface area (Å²) >= 11 is 0. The van der Waals surface area contributed by atoms with E-state index >= 15 is 0 Å². The van der Waals surface area contributed by atoms with E-state index in [9.17, 15) is 9.90 Å². The molecule has 0 fully saturated rings. The van der Waals surface area contributed by atoms with E-state index in [1.54, 1.807) is 7.05 Å². The van der Waals surface area contributed by atoms with Crippen LogP contribution in [0.1, 0.15) is 49.8 Å². The summed E-state index contributed by atoms with van der Waals surface area (Å²) in [5.74, 6) is 0.177. The largest absolute Gasteiger partial charge is 0.469 e. The number of carbonyl (C=O) groups excluding carboxylic acids is 1. The fourth-order valence-corrected chi connectivity index (χ4v) is 2.12. The Bertz CT molecular complexity index is 416. The number of hydrogen-bond acceptors (Lipinski definition) is 4. The van der Waals surface area contributed by atoms with E-state index < -0.39 is 6.10 Å². The third kappa shape index (κ3) is 4.32. The summed E-state index contributed by atoms with van der Waals surface area (Å²) in [7, 11) is 3.08. The van der Waals surface area contributed by atoms with Crippen LogP contribution in [0.4, 0.5) is 0 Å². The summed E-state index contributed by atoms with van der Waals surface area (Å²) in [4.78, 5) is 11.3. The van der Waals surface area contributed by atoms with Gasteiger partial charge in [-0.15, -0.1) is 0 Å². The highest BCUT2D eigenvalue weighted by Crippen LogP contribution is 2.23. The Labute approximate surface area is 121 Å². The lowest BCUT2D eigenvalue weighted by molar-refractivity contribution is -0.141. The average Bonchev–Trinajstić information content (AvgIpc) is 2.50. The van der Waals surface area contributed by atoms with Gasteiger partial charge in [-0.2, -0.15) is 0 Å². The highest BCUT2D eigenvalue weighted by molar-refractivity contribution is 5.70. The number of aliphatic hydroxyl groups is 1. The van der Waals surface area contributed by atoms with Gasteiger partial charge in [0.15, 0.2) is 0 Å². The zero-order chi connectivity index (χ0) is 15.1. The third-order valence-corrected chi connectivity index (χ3v) is 3.83. The van der Waals surface area contributed by atoms with Crippen molar-refractivity contribution < 1.29 is 14.6 Å². The first kappa shape index (κ1) is 16.7. The summed E-state index contributed by atoms with van der Waals surface area (Å²) < 4.78 is 4.64. The molecule has 0 aliphatic heterocycles. The van der Waals surface area contributed by atoms with Crippen LogP contribution < -0.4 is 5.32 Å². The monoisotopic (exact) mass is 279 g/mol. The highest BCUT2D eigenvalue weighted by atomic mass is 16.5. The van der Waals surface area contributed by atoms with Crippen molar-refractivity contribution in [2.45, 2.75) is 44.8 Å². The van der Waals surface area contributed by atoms with Gasteiger partial charge in [0.1, 0.15) is 0 Å². The number of ether oxygens (including phenoxy) is 1. The van der Waals surface area contributed by atoms with Crippen LogP contribution in [-0.2, 0) is 9.53 Å². The summed E-state index contributed by atoms with van der Waals surface area (Å²) in [6.45, 7) is 4.33. The quantitative estimate of drug-likeness (QED) is 0.752. The lowest BCUT2D eigenvalue weighted by Gasteiger charge is -2.22. The van der Waals surface area contributed by atoms with Gasteiger partial charge in [0.05, 0.1) is 19.6 Å². The van der Waals surface area contributed by atoms with Crippen molar-refractivity contribution in [2.24, 2.45) is 0 Å². The van der Waals surface area contributed by atoms with Crippen LogP contribution in [0.5, 0.6) is 0 Å². The minimum absolute atomic E-state index is 0.140. The zero-order valence-electron chi connectivity index (χ0n) is 12.7. The number of benzene rings is 1. The summed E-state index contributed by atoms with van der Waals surface area (Å²) in [5.41, 5.74) is 2.07. The van der Waals surface area contributed by atoms with Gasteiger partial charge in [-0.1, -0.05) is 38.1 Å². The summed E-state index contributed by atoms with van der Waals surface area (Å²) in [5, 5.41) is 13.3. The van der Waals surface area contributed by atoms with Crippen molar-refractivity contribution in [2.75, 3.05) is 14.2 Å². The van der Waals surface area contributed by atoms with Crippen molar-refractivity contribution in [1.29, 1.82) is 0 Å². The molecule has 20 heavy (non-hydrogen) atoms. The molecule has 0 saturated heterocycles. The van der Waals surface area contributed by atoms with Crippen molar-refractivity contribution in [3.05, 3.63) is 35.4 Å². The highest BCUT2D eigenvalue weighted by Gasteiger charge is 2.22. The first-order chi connectivity index (χ1) is 9.53. The molecule has 0 spiro atoms. The van der Waals surface area contributed by atoms with E-state index in [-0.39, 0.29) is 18.4 Å². The number of hydrogen-bond donors (Lipinski definition) is 2. The van der Waals surface area contributed by atoms with Gasteiger partial charge >= 0.3 is 5.97 Å². The van der Waals surface area contributed by atoms with E-state index in [1.807, 2.05) is 24.3 Å². The van der Waals surface area contributed by atoms with E-state index in [4.69, 9.17) is 0 Å². The Balaban J connectivity index is 2.79. The van der Waals surface area contributed by atoms with Gasteiger partial charge in [-0.3, -0.25) is 4.79 Å². The molecule has 0 aliphatic carbocycles. The maximum Gasteiger partial charge on any atom is 0.307 e. The van der Waals surface area contributed by atoms with Crippen molar-refractivity contribution in [3.63, 3.8) is 0 Å². The molecule has 0 aromatic heterocycles. The molecule has 112 valence electrons. The van der Waals surface area contributed by atoms with Crippen molar-refractivity contribution in [1.82, 2.24) is 5.32 Å². The number of nitrogens with one attached hydrogen (secondary N) is 1. The summed E-state index contributed by atoms with van der Waals surface area (Å²) in [6.07, 6.45) is 0.495. The average molecular weight is 279 g/mol. The van der Waals surface area contributed by atoms with Gasteiger partial charge in [0.2, 0.25) is 0 Å². The molecule has 0 bridgehead atoms. The molecular formula is C16H25NO3. The molecule has 1 aromatic rings. The number of likely N-dealkylation sites (N-methyl/N-ethyl adjacent to an activating group) is 1. The van der Waals surface area contributed by atoms with Gasteiger partial charge < -0.3 is 15.2 Å². The maximum absolute atomic E-state index is 11.3. The second-order valence-electron chi connectivity index (χ2n) is 5.10. The molecule has 0 heterocycles. The maximum atomic E-state index is 11.3. The zero-order valence-corrected chi connectivity index (χ0v) is 12.7. The SMILES string of the molecule is CCC(C)c1ccc(C(O)C(CC(=O)OC)NC)cc1. The van der Waals surface area contributed by atoms with Crippen LogP contribution in [0, 0.1) is 0 Å². The van der Waals surface area contributed by atoms with Crippen LogP contribution in [-0.4, -0.2) is 31.3 Å². The fraction of sp³-hybridized carbons (Fsp3) is 0.562. The lowest BCUT2D eigenvalue weighted by Crippen LogP contribution is -2.34. The van der Waals surface area contributed by atoms with Crippen LogP contribution in [0.3, 0.4) is 0 Å². The second-order valence-corrected chi connectivity index (χ2v) is 5.10. The summed E-state index contributed by atoms with van der Waals surface area (Å²) in [6, 6.07) is 7.58. The minimum atomic E-state index is -0.731. The lowest BCUT2D eigenvalue weighted by atomic mass is 9.94. The third-order valence-electron chi connectivity index (χ3n) is 3.83. The minimum Gasteiger partial charge on any atom is -0.469 e. The molecule has 2 N–H and O–H groups in total. The van der Waals surface area contributed by atoms with Gasteiger partial charge in [0, 0.05) is 6.04 Å². The molecule has 3 atom stereocenters. The number of aliphatic hydroxyl groups excluding tert-OH is 1. The van der Waals surface area contributed by atoms with Crippen molar-refractivity contribution >= 4 is 5.97 Å². The van der Waals surface area contributed by atoms with E-state index in [1.165, 1.54) is 12.7 Å². The Morgan fingerprint density at radius 3 is 2.30 bits per heavy atom. The van der Waals surface area contributed by atoms with Crippen LogP contribution >= 0.6 is 0 Å². The second kappa shape index (κ2) is 8.02. The van der Waals surface area contributed by atoms with Crippen LogP contribution in [0.2, 0.25) is 0 Å². The standard InChI is InChI=1S/C16H25NO3/c1-5-11(2)12-6-8-13(9-7-12)16(19)14(17-3)10-15(18)20-4/h6-9,11,14,16-17,19H,5,10H2,1-4H3. The van der Waals surface area contributed by atoms with E-state index in [2.05, 4.69) is 23.9 Å². The molecule has 4 nitrogen and oxygen atoms in total. The Kier molecular flexibility index (Phi) is 6.68. The number of carbonyl (C=O) groups is 1. The van der Waals surface area contributed by atoms with E-state index in [0.29, 0.717) is 5.92 Å².